The van der Waals surface area contributed by atoms with Crippen LogP contribution in [0.5, 0.6) is 0 Å². The number of rotatable bonds is 7. The van der Waals surface area contributed by atoms with E-state index in [1.807, 2.05) is 11.3 Å². The van der Waals surface area contributed by atoms with E-state index in [4.69, 9.17) is 4.99 Å². The Morgan fingerprint density at radius 1 is 0.774 bits per heavy atom. The number of hydrogen-bond acceptors (Lipinski definition) is 6. The van der Waals surface area contributed by atoms with Crippen LogP contribution in [0, 0.1) is 5.92 Å². The molecule has 4 heterocycles. The fraction of sp³-hybridized carbons (Fsp3) is 0.339. The second-order valence-corrected chi connectivity index (χ2v) is 19.6. The lowest BCUT2D eigenvalue weighted by Gasteiger charge is -2.45. The maximum Gasteiger partial charge on any atom is 0.131 e. The molecule has 6 heteroatoms. The maximum atomic E-state index is 5.42. The van der Waals surface area contributed by atoms with E-state index in [0.717, 1.165) is 63.7 Å². The van der Waals surface area contributed by atoms with E-state index in [9.17, 15) is 0 Å². The van der Waals surface area contributed by atoms with Gasteiger partial charge in [-0.15, -0.1) is 11.3 Å². The summed E-state index contributed by atoms with van der Waals surface area (Å²) in [5.74, 6) is 2.57. The molecular weight excluding hydrogens is 775 g/mol. The highest BCUT2D eigenvalue weighted by atomic mass is 32.1. The first-order valence-corrected chi connectivity index (χ1v) is 24.4. The average molecular weight is 832 g/mol. The predicted octanol–water partition coefficient (Wildman–Crippen LogP) is 13.1. The standard InChI is InChI=1S/C56H57N5S/c1-5-17-36(18-6-1)39-23-15-24-40(33-39)41-34-47(56-59-54(37-19-7-2-8-20-37)58-55(60-56)38-21-9-3-10-22-38)51(57-35-41)46-29-16-28-43-44-31-32-49-50(53(44)62-52(43)46)45-27-13-14-30-48(45)61(49)42-25-11-4-12-26-42/h2,4-5,7,9,11,13-17,19,21-25,28-33,36,41,45,47,51,54,56-57,59H,1,3,6,8,10,12,18,20,26-27,34-35H2,(H,58,60)/t36?,41-,45?,47?,51?,54?,56?/m0/s1. The fourth-order valence-electron chi connectivity index (χ4n) is 11.8. The van der Waals surface area contributed by atoms with Gasteiger partial charge >= 0.3 is 0 Å². The van der Waals surface area contributed by atoms with Gasteiger partial charge in [-0.25, -0.2) is 4.99 Å². The van der Waals surface area contributed by atoms with Gasteiger partial charge in [-0.1, -0.05) is 121 Å². The second-order valence-electron chi connectivity index (χ2n) is 18.6. The minimum atomic E-state index is -0.0629. The number of aliphatic imine (C=N–C) groups is 1. The molecule has 0 saturated carbocycles. The van der Waals surface area contributed by atoms with Crippen LogP contribution in [-0.2, 0) is 0 Å². The zero-order chi connectivity index (χ0) is 41.0. The number of allylic oxidation sites excluding steroid dienone is 15. The van der Waals surface area contributed by atoms with Crippen molar-refractivity contribution < 1.29 is 0 Å². The summed E-state index contributed by atoms with van der Waals surface area (Å²) >= 11 is 2.04. The average Bonchev–Trinajstić information content (AvgIpc) is 3.91. The van der Waals surface area contributed by atoms with Crippen LogP contribution < -0.4 is 20.9 Å². The number of nitrogens with one attached hydrogen (secondary N) is 3. The van der Waals surface area contributed by atoms with E-state index in [2.05, 4.69) is 161 Å². The Hall–Kier alpha value is -5.27. The Kier molecular flexibility index (Phi) is 10.2. The summed E-state index contributed by atoms with van der Waals surface area (Å²) in [6.45, 7) is 0.948. The molecule has 0 spiro atoms. The lowest BCUT2D eigenvalue weighted by Crippen LogP contribution is -2.61. The van der Waals surface area contributed by atoms with E-state index in [0.29, 0.717) is 17.8 Å². The number of amidine groups is 1. The smallest absolute Gasteiger partial charge is 0.131 e. The van der Waals surface area contributed by atoms with Crippen LogP contribution in [0.2, 0.25) is 0 Å². The van der Waals surface area contributed by atoms with Gasteiger partial charge in [0.15, 0.2) is 0 Å². The molecule has 12 rings (SSSR count). The summed E-state index contributed by atoms with van der Waals surface area (Å²) in [4.78, 5) is 8.02. The second kappa shape index (κ2) is 16.5. The van der Waals surface area contributed by atoms with Crippen LogP contribution in [-0.4, -0.2) is 24.7 Å². The topological polar surface area (TPSA) is 51.7 Å². The third kappa shape index (κ3) is 6.86. The highest BCUT2D eigenvalue weighted by molar-refractivity contribution is 7.26. The van der Waals surface area contributed by atoms with Crippen molar-refractivity contribution in [3.8, 4) is 0 Å². The minimum Gasteiger partial charge on any atom is -0.354 e. The normalized spacial score (nSPS) is 29.1. The Morgan fingerprint density at radius 3 is 2.52 bits per heavy atom. The summed E-state index contributed by atoms with van der Waals surface area (Å²) in [6, 6.07) is 21.8. The van der Waals surface area contributed by atoms with Crippen molar-refractivity contribution in [2.75, 3.05) is 11.4 Å². The molecule has 7 atom stereocenters. The molecular formula is C56H57N5S. The zero-order valence-corrected chi connectivity index (χ0v) is 36.4. The molecule has 8 aliphatic rings. The highest BCUT2D eigenvalue weighted by Crippen LogP contribution is 2.55. The first-order chi connectivity index (χ1) is 30.7. The number of benzene rings is 3. The molecule has 0 amide bonds. The molecule has 0 radical (unpaired) electrons. The molecule has 1 aromatic heterocycles. The first-order valence-electron chi connectivity index (χ1n) is 23.6. The minimum absolute atomic E-state index is 0.0160. The van der Waals surface area contributed by atoms with Gasteiger partial charge in [0.1, 0.15) is 12.0 Å². The predicted molar refractivity (Wildman–Crippen MR) is 261 cm³/mol. The van der Waals surface area contributed by atoms with Gasteiger partial charge in [0, 0.05) is 73.0 Å². The Bertz CT molecular complexity index is 2750. The van der Waals surface area contributed by atoms with Crippen molar-refractivity contribution >= 4 is 43.0 Å². The third-order valence-corrected chi connectivity index (χ3v) is 16.2. The van der Waals surface area contributed by atoms with Crippen molar-refractivity contribution in [1.29, 1.82) is 0 Å². The van der Waals surface area contributed by atoms with E-state index in [-0.39, 0.29) is 24.3 Å². The molecule has 4 aromatic rings. The molecule has 62 heavy (non-hydrogen) atoms. The molecule has 3 aromatic carbocycles. The van der Waals surface area contributed by atoms with E-state index < -0.39 is 0 Å². The number of nitrogens with zero attached hydrogens (tertiary/aromatic N) is 2. The number of anilines is 1. The Labute approximate surface area is 370 Å². The molecule has 312 valence electrons. The number of thiophene rings is 1. The first kappa shape index (κ1) is 38.4. The lowest BCUT2D eigenvalue weighted by molar-refractivity contribution is 0.179. The summed E-state index contributed by atoms with van der Waals surface area (Å²) < 4.78 is 2.89. The van der Waals surface area contributed by atoms with Crippen molar-refractivity contribution in [2.45, 2.75) is 107 Å². The van der Waals surface area contributed by atoms with Crippen LogP contribution in [0.1, 0.15) is 117 Å². The summed E-state index contributed by atoms with van der Waals surface area (Å²) in [6.07, 6.45) is 44.8. The quantitative estimate of drug-likeness (QED) is 0.162. The van der Waals surface area contributed by atoms with Gasteiger partial charge in [0.05, 0.1) is 11.9 Å². The SMILES string of the molecule is C1=CCCC(C2N=C(C3=CCCC=C3)NC(C3C[C@H](c4cccc(C5C=CCCC5)c4)CNC3c3cccc4c3sc3c5c(ccc34)N(C3=CC=CCC3)C3=CC=CCC35)N2)=C1. The molecule has 0 bridgehead atoms. The number of fused-ring (bicyclic) bond motifs is 7. The van der Waals surface area contributed by atoms with E-state index in [1.165, 1.54) is 89.9 Å². The Balaban J connectivity index is 0.966. The summed E-state index contributed by atoms with van der Waals surface area (Å²) in [5, 5.41) is 15.3. The summed E-state index contributed by atoms with van der Waals surface area (Å²) in [5.41, 5.74) is 12.7. The summed E-state index contributed by atoms with van der Waals surface area (Å²) in [7, 11) is 0. The van der Waals surface area contributed by atoms with E-state index >= 15 is 0 Å². The molecule has 5 nitrogen and oxygen atoms in total. The van der Waals surface area contributed by atoms with Gasteiger partial charge in [-0.3, -0.25) is 5.32 Å². The molecule has 6 unspecified atom stereocenters. The third-order valence-electron chi connectivity index (χ3n) is 14.9. The van der Waals surface area contributed by atoms with Crippen LogP contribution in [0.25, 0.3) is 20.2 Å². The van der Waals surface area contributed by atoms with Gasteiger partial charge in [0.2, 0.25) is 0 Å². The molecule has 3 aliphatic heterocycles. The molecule has 5 aliphatic carbocycles. The van der Waals surface area contributed by atoms with Crippen LogP contribution in [0.15, 0.2) is 167 Å². The van der Waals surface area contributed by atoms with Crippen LogP contribution in [0.3, 0.4) is 0 Å². The molecule has 1 saturated heterocycles. The fourth-order valence-corrected chi connectivity index (χ4v) is 13.3. The van der Waals surface area contributed by atoms with Crippen molar-refractivity contribution in [3.05, 3.63) is 184 Å². The van der Waals surface area contributed by atoms with Crippen LogP contribution >= 0.6 is 11.3 Å². The lowest BCUT2D eigenvalue weighted by atomic mass is 9.76. The zero-order valence-electron chi connectivity index (χ0n) is 35.6. The van der Waals surface area contributed by atoms with Crippen molar-refractivity contribution in [3.63, 3.8) is 0 Å². The van der Waals surface area contributed by atoms with Gasteiger partial charge in [-0.2, -0.15) is 0 Å². The van der Waals surface area contributed by atoms with Gasteiger partial charge < -0.3 is 15.5 Å². The van der Waals surface area contributed by atoms with Crippen LogP contribution in [0.4, 0.5) is 5.69 Å². The van der Waals surface area contributed by atoms with Gasteiger partial charge in [-0.05, 0) is 117 Å². The van der Waals surface area contributed by atoms with Gasteiger partial charge in [0.25, 0.3) is 0 Å². The maximum absolute atomic E-state index is 5.42. The Morgan fingerprint density at radius 2 is 1.66 bits per heavy atom. The monoisotopic (exact) mass is 831 g/mol. The molecule has 3 N–H and O–H groups in total. The number of piperidine rings is 1. The van der Waals surface area contributed by atoms with E-state index in [1.54, 1.807) is 0 Å². The van der Waals surface area contributed by atoms with Crippen molar-refractivity contribution in [1.82, 2.24) is 16.0 Å². The highest BCUT2D eigenvalue weighted by Gasteiger charge is 2.42. The molecule has 1 fully saturated rings. The largest absolute Gasteiger partial charge is 0.354 e. The van der Waals surface area contributed by atoms with Crippen molar-refractivity contribution in [2.24, 2.45) is 10.9 Å². The number of hydrogen-bond donors (Lipinski definition) is 3.